The average molecular weight is 251 g/mol. The zero-order valence-corrected chi connectivity index (χ0v) is 9.87. The van der Waals surface area contributed by atoms with Gasteiger partial charge in [0.1, 0.15) is 6.54 Å². The minimum Gasteiger partial charge on any atom is -0.468 e. The number of hydrogen-bond acceptors (Lipinski definition) is 5. The standard InChI is InChI=1S/C12H13NO5/c1-17-6(14)3-13-11(15)7-4-2-5(8(7)12(13)16)10-9(4)18-10/h4-5,7-10H,2-3H2,1H3. The molecule has 96 valence electrons. The maximum atomic E-state index is 12.2. The highest BCUT2D eigenvalue weighted by Gasteiger charge is 2.73. The monoisotopic (exact) mass is 251 g/mol. The van der Waals surface area contributed by atoms with Crippen molar-refractivity contribution >= 4 is 17.8 Å². The first-order valence-electron chi connectivity index (χ1n) is 6.21. The zero-order chi connectivity index (χ0) is 12.6. The number of ether oxygens (including phenoxy) is 2. The number of amides is 2. The highest BCUT2D eigenvalue weighted by atomic mass is 16.6. The largest absolute Gasteiger partial charge is 0.468 e. The van der Waals surface area contributed by atoms with Crippen LogP contribution in [0.4, 0.5) is 0 Å². The lowest BCUT2D eigenvalue weighted by atomic mass is 9.81. The Hall–Kier alpha value is -1.43. The summed E-state index contributed by atoms with van der Waals surface area (Å²) in [6.07, 6.45) is 1.30. The molecular weight excluding hydrogens is 238 g/mol. The van der Waals surface area contributed by atoms with Crippen molar-refractivity contribution in [1.82, 2.24) is 4.90 Å². The molecule has 0 aromatic carbocycles. The van der Waals surface area contributed by atoms with E-state index in [1.807, 2.05) is 0 Å². The van der Waals surface area contributed by atoms with E-state index in [4.69, 9.17) is 4.74 Å². The molecule has 2 bridgehead atoms. The topological polar surface area (TPSA) is 76.2 Å². The number of imide groups is 1. The zero-order valence-electron chi connectivity index (χ0n) is 9.87. The molecule has 2 saturated carbocycles. The van der Waals surface area contributed by atoms with Crippen molar-refractivity contribution in [3.05, 3.63) is 0 Å². The number of nitrogens with zero attached hydrogens (tertiary/aromatic N) is 1. The second kappa shape index (κ2) is 3.12. The number of carbonyl (C=O) groups excluding carboxylic acids is 3. The average Bonchev–Trinajstić information content (AvgIpc) is 2.91. The van der Waals surface area contributed by atoms with Crippen LogP contribution in [-0.2, 0) is 23.9 Å². The van der Waals surface area contributed by atoms with Crippen molar-refractivity contribution < 1.29 is 23.9 Å². The molecule has 0 radical (unpaired) electrons. The van der Waals surface area contributed by atoms with E-state index in [0.29, 0.717) is 0 Å². The van der Waals surface area contributed by atoms with Gasteiger partial charge >= 0.3 is 5.97 Å². The van der Waals surface area contributed by atoms with Crippen LogP contribution in [0.1, 0.15) is 6.42 Å². The third-order valence-electron chi connectivity index (χ3n) is 4.88. The van der Waals surface area contributed by atoms with Gasteiger partial charge in [0.2, 0.25) is 11.8 Å². The van der Waals surface area contributed by atoms with Crippen LogP contribution in [0.25, 0.3) is 0 Å². The molecule has 4 aliphatic rings. The Bertz CT molecular complexity index is 443. The summed E-state index contributed by atoms with van der Waals surface area (Å²) in [6.45, 7) is -0.253. The Kier molecular flexibility index (Phi) is 1.82. The number of likely N-dealkylation sites (tertiary alicyclic amines) is 1. The number of hydrogen-bond donors (Lipinski definition) is 0. The predicted octanol–water partition coefficient (Wildman–Crippen LogP) is -0.822. The van der Waals surface area contributed by atoms with E-state index < -0.39 is 5.97 Å². The van der Waals surface area contributed by atoms with Crippen LogP contribution < -0.4 is 0 Å². The van der Waals surface area contributed by atoms with Crippen LogP contribution in [0.3, 0.4) is 0 Å². The number of esters is 1. The van der Waals surface area contributed by atoms with Gasteiger partial charge in [0.05, 0.1) is 31.2 Å². The molecule has 4 fully saturated rings. The van der Waals surface area contributed by atoms with E-state index >= 15 is 0 Å². The molecule has 6 nitrogen and oxygen atoms in total. The van der Waals surface area contributed by atoms with Crippen molar-refractivity contribution in [2.75, 3.05) is 13.7 Å². The van der Waals surface area contributed by atoms with Gasteiger partial charge in [0, 0.05) is 11.8 Å². The smallest absolute Gasteiger partial charge is 0.325 e. The molecule has 6 heteroatoms. The van der Waals surface area contributed by atoms with Crippen molar-refractivity contribution in [2.45, 2.75) is 18.6 Å². The lowest BCUT2D eigenvalue weighted by Gasteiger charge is -2.16. The Morgan fingerprint density at radius 1 is 1.28 bits per heavy atom. The molecule has 2 aliphatic carbocycles. The molecule has 0 spiro atoms. The van der Waals surface area contributed by atoms with E-state index in [-0.39, 0.29) is 54.2 Å². The highest BCUT2D eigenvalue weighted by molar-refractivity contribution is 6.08. The van der Waals surface area contributed by atoms with Crippen molar-refractivity contribution in [1.29, 1.82) is 0 Å². The third kappa shape index (κ3) is 1.05. The van der Waals surface area contributed by atoms with Gasteiger partial charge in [-0.3, -0.25) is 19.3 Å². The molecule has 0 aromatic heterocycles. The van der Waals surface area contributed by atoms with Crippen LogP contribution in [-0.4, -0.2) is 48.5 Å². The molecule has 6 unspecified atom stereocenters. The highest BCUT2D eigenvalue weighted by Crippen LogP contribution is 2.63. The Balaban J connectivity index is 1.62. The minimum atomic E-state index is -0.551. The molecule has 6 atom stereocenters. The van der Waals surface area contributed by atoms with E-state index in [1.54, 1.807) is 0 Å². The molecular formula is C12H13NO5. The lowest BCUT2D eigenvalue weighted by molar-refractivity contribution is -0.151. The van der Waals surface area contributed by atoms with E-state index in [2.05, 4.69) is 4.74 Å². The van der Waals surface area contributed by atoms with Crippen LogP contribution in [0.2, 0.25) is 0 Å². The number of rotatable bonds is 2. The summed E-state index contributed by atoms with van der Waals surface area (Å²) in [5.74, 6) is -1.11. The molecule has 2 heterocycles. The molecule has 4 rings (SSSR count). The first-order valence-corrected chi connectivity index (χ1v) is 6.21. The van der Waals surface area contributed by atoms with Crippen LogP contribution in [0.5, 0.6) is 0 Å². The van der Waals surface area contributed by atoms with Gasteiger partial charge in [-0.05, 0) is 6.42 Å². The van der Waals surface area contributed by atoms with Gasteiger partial charge in [-0.1, -0.05) is 0 Å². The number of epoxide rings is 1. The first-order chi connectivity index (χ1) is 8.63. The number of fused-ring (bicyclic) bond motifs is 8. The van der Waals surface area contributed by atoms with Crippen LogP contribution in [0, 0.1) is 23.7 Å². The molecule has 0 aromatic rings. The summed E-state index contributed by atoms with van der Waals surface area (Å²) >= 11 is 0. The van der Waals surface area contributed by atoms with Gasteiger partial charge < -0.3 is 9.47 Å². The summed E-state index contributed by atoms with van der Waals surface area (Å²) in [7, 11) is 1.25. The fourth-order valence-corrected chi connectivity index (χ4v) is 4.13. The summed E-state index contributed by atoms with van der Waals surface area (Å²) in [5.41, 5.74) is 0. The maximum absolute atomic E-state index is 12.2. The summed E-state index contributed by atoms with van der Waals surface area (Å²) in [5, 5.41) is 0. The van der Waals surface area contributed by atoms with E-state index in [9.17, 15) is 14.4 Å². The van der Waals surface area contributed by atoms with Crippen molar-refractivity contribution in [3.8, 4) is 0 Å². The molecule has 2 amide bonds. The second-order valence-corrected chi connectivity index (χ2v) is 5.52. The van der Waals surface area contributed by atoms with Crippen molar-refractivity contribution in [2.24, 2.45) is 23.7 Å². The number of carbonyl (C=O) groups is 3. The quantitative estimate of drug-likeness (QED) is 0.364. The van der Waals surface area contributed by atoms with E-state index in [1.165, 1.54) is 7.11 Å². The lowest BCUT2D eigenvalue weighted by Crippen LogP contribution is -2.38. The third-order valence-corrected chi connectivity index (χ3v) is 4.88. The second-order valence-electron chi connectivity index (χ2n) is 5.52. The normalized spacial score (nSPS) is 47.3. The van der Waals surface area contributed by atoms with E-state index in [0.717, 1.165) is 11.3 Å². The fourth-order valence-electron chi connectivity index (χ4n) is 4.13. The van der Waals surface area contributed by atoms with Gasteiger partial charge in [-0.15, -0.1) is 0 Å². The Morgan fingerprint density at radius 2 is 1.83 bits per heavy atom. The molecule has 18 heavy (non-hydrogen) atoms. The predicted molar refractivity (Wildman–Crippen MR) is 56.0 cm³/mol. The van der Waals surface area contributed by atoms with Gasteiger partial charge in [0.15, 0.2) is 0 Å². The van der Waals surface area contributed by atoms with Gasteiger partial charge in [-0.25, -0.2) is 0 Å². The van der Waals surface area contributed by atoms with Gasteiger partial charge in [0.25, 0.3) is 0 Å². The number of methoxy groups -OCH3 is 1. The molecule has 2 saturated heterocycles. The first kappa shape index (κ1) is 10.5. The van der Waals surface area contributed by atoms with Crippen LogP contribution in [0.15, 0.2) is 0 Å². The SMILES string of the molecule is COC(=O)CN1C(=O)C2C3CC(C4OC34)C2C1=O. The Labute approximate surface area is 103 Å². The molecule has 2 aliphatic heterocycles. The molecule has 0 N–H and O–H groups in total. The minimum absolute atomic E-state index is 0.184. The van der Waals surface area contributed by atoms with Gasteiger partial charge in [-0.2, -0.15) is 0 Å². The summed E-state index contributed by atoms with van der Waals surface area (Å²) in [4.78, 5) is 36.8. The Morgan fingerprint density at radius 3 is 2.33 bits per heavy atom. The summed E-state index contributed by atoms with van der Waals surface area (Å²) in [6, 6.07) is 0. The summed E-state index contributed by atoms with van der Waals surface area (Å²) < 4.78 is 10.0. The van der Waals surface area contributed by atoms with Crippen molar-refractivity contribution in [3.63, 3.8) is 0 Å². The maximum Gasteiger partial charge on any atom is 0.325 e. The van der Waals surface area contributed by atoms with Crippen LogP contribution >= 0.6 is 0 Å². The fraction of sp³-hybridized carbons (Fsp3) is 0.750.